The van der Waals surface area contributed by atoms with Crippen LogP contribution in [0.5, 0.6) is 0 Å². The maximum atomic E-state index is 12.1. The van der Waals surface area contributed by atoms with Gasteiger partial charge in [0.05, 0.1) is 0 Å². The van der Waals surface area contributed by atoms with Crippen molar-refractivity contribution in [2.45, 2.75) is 17.8 Å². The number of hydrogen-bond acceptors (Lipinski definition) is 1. The van der Waals surface area contributed by atoms with Crippen LogP contribution < -0.4 is 0 Å². The lowest BCUT2D eigenvalue weighted by atomic mass is 9.59. The number of piperidine rings is 1. The molecule has 2 atom stereocenters. The van der Waals surface area contributed by atoms with Crippen molar-refractivity contribution >= 4 is 5.91 Å². The average Bonchev–Trinajstić information content (AvgIpc) is 2.40. The second kappa shape index (κ2) is 3.14. The molecule has 0 N–H and O–H groups in total. The maximum absolute atomic E-state index is 12.1. The molecule has 1 aromatic carbocycles. The molecule has 1 fully saturated rings. The largest absolute Gasteiger partial charge is 0.342 e. The van der Waals surface area contributed by atoms with E-state index in [0.717, 1.165) is 6.54 Å². The van der Waals surface area contributed by atoms with Crippen molar-refractivity contribution < 1.29 is 4.79 Å². The molecule has 0 aromatic heterocycles. The van der Waals surface area contributed by atoms with Crippen LogP contribution in [0.2, 0.25) is 0 Å². The lowest BCUT2D eigenvalue weighted by molar-refractivity contribution is -0.132. The summed E-state index contributed by atoms with van der Waals surface area (Å²) in [5, 5.41) is 0. The third-order valence-corrected chi connectivity index (χ3v) is 4.61. The van der Waals surface area contributed by atoms with Gasteiger partial charge in [-0.15, -0.1) is 0 Å². The Hall–Kier alpha value is -1.83. The van der Waals surface area contributed by atoms with Crippen LogP contribution in [-0.4, -0.2) is 24.4 Å². The molecule has 1 saturated heterocycles. The summed E-state index contributed by atoms with van der Waals surface area (Å²) in [5.41, 5.74) is 3.97. The Kier molecular flexibility index (Phi) is 1.76. The fourth-order valence-electron chi connectivity index (χ4n) is 3.62. The normalized spacial score (nSPS) is 32.1. The molecule has 2 heteroatoms. The summed E-state index contributed by atoms with van der Waals surface area (Å²) >= 11 is 0. The first kappa shape index (κ1) is 10.1. The maximum Gasteiger partial charge on any atom is 0.224 e. The van der Waals surface area contributed by atoms with Crippen molar-refractivity contribution in [1.82, 2.24) is 4.90 Å². The number of hydrogen-bond donors (Lipinski definition) is 0. The summed E-state index contributed by atoms with van der Waals surface area (Å²) in [5.74, 6) is 0.645. The van der Waals surface area contributed by atoms with Crippen molar-refractivity contribution in [1.29, 1.82) is 0 Å². The number of carbonyl (C=O) groups is 1. The van der Waals surface area contributed by atoms with Gasteiger partial charge in [-0.25, -0.2) is 0 Å². The van der Waals surface area contributed by atoms with Crippen LogP contribution in [0.25, 0.3) is 0 Å². The lowest BCUT2D eigenvalue weighted by Gasteiger charge is -2.48. The minimum absolute atomic E-state index is 0.144. The Morgan fingerprint density at radius 1 is 1.33 bits per heavy atom. The van der Waals surface area contributed by atoms with E-state index in [4.69, 9.17) is 0 Å². The van der Waals surface area contributed by atoms with Gasteiger partial charge in [0.1, 0.15) is 0 Å². The zero-order valence-corrected chi connectivity index (χ0v) is 10.4. The van der Waals surface area contributed by atoms with Crippen molar-refractivity contribution in [3.63, 3.8) is 0 Å². The predicted molar refractivity (Wildman–Crippen MR) is 70.3 cm³/mol. The molecule has 1 aromatic rings. The molecule has 18 heavy (non-hydrogen) atoms. The molecular formula is C16H15NO. The first-order valence-corrected chi connectivity index (χ1v) is 6.45. The van der Waals surface area contributed by atoms with Gasteiger partial charge in [-0.3, -0.25) is 4.79 Å². The molecule has 0 saturated carbocycles. The van der Waals surface area contributed by atoms with Gasteiger partial charge in [0.15, 0.2) is 0 Å². The Morgan fingerprint density at radius 2 is 2.17 bits per heavy atom. The van der Waals surface area contributed by atoms with E-state index in [1.54, 1.807) is 0 Å². The van der Waals surface area contributed by atoms with Crippen LogP contribution in [0.3, 0.4) is 0 Å². The number of rotatable bonds is 0. The van der Waals surface area contributed by atoms with Crippen LogP contribution in [0, 0.1) is 0 Å². The smallest absolute Gasteiger partial charge is 0.224 e. The van der Waals surface area contributed by atoms with E-state index in [2.05, 4.69) is 42.5 Å². The van der Waals surface area contributed by atoms with E-state index in [1.807, 2.05) is 11.9 Å². The molecule has 1 amide bonds. The molecule has 2 nitrogen and oxygen atoms in total. The Bertz CT molecular complexity index is 613. The van der Waals surface area contributed by atoms with Gasteiger partial charge >= 0.3 is 0 Å². The monoisotopic (exact) mass is 237 g/mol. The van der Waals surface area contributed by atoms with Crippen LogP contribution in [0.1, 0.15) is 23.5 Å². The van der Waals surface area contributed by atoms with Gasteiger partial charge in [-0.1, -0.05) is 42.5 Å². The van der Waals surface area contributed by atoms with Gasteiger partial charge in [-0.2, -0.15) is 0 Å². The highest BCUT2D eigenvalue weighted by Gasteiger charge is 2.47. The van der Waals surface area contributed by atoms with Crippen LogP contribution in [0.4, 0.5) is 0 Å². The van der Waals surface area contributed by atoms with Gasteiger partial charge in [0, 0.05) is 31.3 Å². The van der Waals surface area contributed by atoms with E-state index >= 15 is 0 Å². The highest BCUT2D eigenvalue weighted by molar-refractivity contribution is 5.83. The molecule has 0 radical (unpaired) electrons. The van der Waals surface area contributed by atoms with E-state index in [1.165, 1.54) is 16.7 Å². The third-order valence-electron chi connectivity index (χ3n) is 4.61. The Morgan fingerprint density at radius 3 is 3.06 bits per heavy atom. The summed E-state index contributed by atoms with van der Waals surface area (Å²) in [6.07, 6.45) is 7.45. The highest BCUT2D eigenvalue weighted by Crippen LogP contribution is 2.52. The summed E-state index contributed by atoms with van der Waals surface area (Å²) in [6, 6.07) is 8.57. The molecule has 4 aliphatic rings. The number of carbonyl (C=O) groups excluding carboxylic acids is 1. The van der Waals surface area contributed by atoms with Crippen LogP contribution in [-0.2, 0) is 10.2 Å². The van der Waals surface area contributed by atoms with Gasteiger partial charge in [-0.05, 0) is 16.7 Å². The number of benzene rings is 1. The van der Waals surface area contributed by atoms with E-state index in [0.29, 0.717) is 12.3 Å². The zero-order chi connectivity index (χ0) is 12.3. The summed E-state index contributed by atoms with van der Waals surface area (Å²) in [6.45, 7) is 0.772. The first-order valence-electron chi connectivity index (χ1n) is 6.45. The summed E-state index contributed by atoms with van der Waals surface area (Å²) in [7, 11) is 1.90. The van der Waals surface area contributed by atoms with Crippen LogP contribution >= 0.6 is 0 Å². The molecule has 2 bridgehead atoms. The molecule has 1 spiro atoms. The fourth-order valence-corrected chi connectivity index (χ4v) is 3.62. The van der Waals surface area contributed by atoms with E-state index in [9.17, 15) is 4.79 Å². The molecule has 5 rings (SSSR count). The third kappa shape index (κ3) is 1.06. The van der Waals surface area contributed by atoms with Crippen LogP contribution in [0.15, 0.2) is 48.1 Å². The number of likely N-dealkylation sites (tertiary alicyclic amines) is 1. The molecule has 1 aliphatic heterocycles. The van der Waals surface area contributed by atoms with E-state index in [-0.39, 0.29) is 11.3 Å². The quantitative estimate of drug-likeness (QED) is 0.634. The number of amides is 1. The number of allylic oxidation sites excluding steroid dienone is 3. The van der Waals surface area contributed by atoms with Crippen molar-refractivity contribution in [3.8, 4) is 0 Å². The zero-order valence-electron chi connectivity index (χ0n) is 10.4. The minimum atomic E-state index is -0.144. The Labute approximate surface area is 107 Å². The second-order valence-corrected chi connectivity index (χ2v) is 5.56. The number of nitrogens with zero attached hydrogens (tertiary/aromatic N) is 1. The minimum Gasteiger partial charge on any atom is -0.342 e. The molecular weight excluding hydrogens is 222 g/mol. The van der Waals surface area contributed by atoms with Crippen molar-refractivity contribution in [2.75, 3.05) is 13.6 Å². The molecule has 2 unspecified atom stereocenters. The topological polar surface area (TPSA) is 20.3 Å². The molecule has 90 valence electrons. The predicted octanol–water partition coefficient (Wildman–Crippen LogP) is 2.38. The summed E-state index contributed by atoms with van der Waals surface area (Å²) < 4.78 is 0. The Balaban J connectivity index is 1.96. The average molecular weight is 237 g/mol. The lowest BCUT2D eigenvalue weighted by Crippen LogP contribution is -2.48. The highest BCUT2D eigenvalue weighted by atomic mass is 16.2. The summed E-state index contributed by atoms with van der Waals surface area (Å²) in [4.78, 5) is 13.9. The van der Waals surface area contributed by atoms with Gasteiger partial charge in [0.25, 0.3) is 0 Å². The SMILES string of the molecule is CN1CC2=CC3C=CC2(CC1=O)c1ccccc13. The standard InChI is InChI=1S/C16H15NO/c1-17-10-12-8-11-6-7-16(12,9-15(17)18)14-5-3-2-4-13(11)14/h2-8,11H,9-10H2,1H3. The molecule has 3 aliphatic carbocycles. The molecule has 1 heterocycles. The second-order valence-electron chi connectivity index (χ2n) is 5.56. The van der Waals surface area contributed by atoms with E-state index < -0.39 is 0 Å². The first-order chi connectivity index (χ1) is 8.71. The van der Waals surface area contributed by atoms with Gasteiger partial charge in [0.2, 0.25) is 5.91 Å². The van der Waals surface area contributed by atoms with Gasteiger partial charge < -0.3 is 4.90 Å². The fraction of sp³-hybridized carbons (Fsp3) is 0.312. The number of likely N-dealkylation sites (N-methyl/N-ethyl adjacent to an activating group) is 1. The van der Waals surface area contributed by atoms with Crippen molar-refractivity contribution in [3.05, 3.63) is 59.2 Å². The van der Waals surface area contributed by atoms with Crippen molar-refractivity contribution in [2.24, 2.45) is 0 Å².